The van der Waals surface area contributed by atoms with Gasteiger partial charge in [-0.05, 0) is 17.7 Å². The minimum atomic E-state index is -0.485. The summed E-state index contributed by atoms with van der Waals surface area (Å²) in [6.45, 7) is 1.74. The average molecular weight is 270 g/mol. The zero-order chi connectivity index (χ0) is 13.0. The van der Waals surface area contributed by atoms with E-state index in [9.17, 15) is 4.79 Å². The van der Waals surface area contributed by atoms with E-state index in [1.54, 1.807) is 7.11 Å². The lowest BCUT2D eigenvalue weighted by Crippen LogP contribution is -2.36. The van der Waals surface area contributed by atoms with Gasteiger partial charge in [0.05, 0.1) is 19.3 Å². The van der Waals surface area contributed by atoms with Crippen molar-refractivity contribution < 1.29 is 14.3 Å². The van der Waals surface area contributed by atoms with E-state index in [-0.39, 0.29) is 6.04 Å². The Morgan fingerprint density at radius 2 is 2.22 bits per heavy atom. The molecule has 1 saturated heterocycles. The molecule has 1 aliphatic rings. The first kappa shape index (κ1) is 13.5. The smallest absolute Gasteiger partial charge is 0.167 e. The Kier molecular flexibility index (Phi) is 4.72. The third kappa shape index (κ3) is 2.90. The highest BCUT2D eigenvalue weighted by Gasteiger charge is 2.34. The number of hydrogen-bond donors (Lipinski definition) is 0. The molecule has 1 unspecified atom stereocenters. The molecule has 2 rings (SSSR count). The molecule has 2 atom stereocenters. The molecule has 98 valence electrons. The summed E-state index contributed by atoms with van der Waals surface area (Å²) in [5, 5.41) is 0.702. The van der Waals surface area contributed by atoms with Crippen LogP contribution in [0.15, 0.2) is 24.3 Å². The van der Waals surface area contributed by atoms with Crippen LogP contribution in [0.2, 0.25) is 5.02 Å². The van der Waals surface area contributed by atoms with Gasteiger partial charge in [0.2, 0.25) is 0 Å². The maximum Gasteiger partial charge on any atom is 0.167 e. The van der Waals surface area contributed by atoms with E-state index in [1.165, 1.54) is 0 Å². The fourth-order valence-corrected chi connectivity index (χ4v) is 2.25. The Morgan fingerprint density at radius 3 is 2.83 bits per heavy atom. The molecule has 0 amide bonds. The summed E-state index contributed by atoms with van der Waals surface area (Å²) in [6.07, 6.45) is 0.340. The molecule has 0 saturated carbocycles. The average Bonchev–Trinajstić information content (AvgIpc) is 2.80. The van der Waals surface area contributed by atoms with Gasteiger partial charge in [0.25, 0.3) is 0 Å². The van der Waals surface area contributed by atoms with Gasteiger partial charge in [-0.2, -0.15) is 0 Å². The van der Waals surface area contributed by atoms with Gasteiger partial charge in [-0.15, -0.1) is 0 Å². The maximum absolute atomic E-state index is 11.0. The van der Waals surface area contributed by atoms with E-state index in [0.29, 0.717) is 24.8 Å². The fraction of sp³-hybridized carbons (Fsp3) is 0.462. The van der Waals surface area contributed by atoms with Crippen LogP contribution in [0.5, 0.6) is 0 Å². The van der Waals surface area contributed by atoms with Crippen LogP contribution in [-0.2, 0) is 14.3 Å². The second-order valence-corrected chi connectivity index (χ2v) is 4.59. The van der Waals surface area contributed by atoms with Gasteiger partial charge in [-0.1, -0.05) is 23.7 Å². The van der Waals surface area contributed by atoms with Crippen LogP contribution in [0.1, 0.15) is 11.6 Å². The molecule has 1 aliphatic heterocycles. The number of hydrogen-bond acceptors (Lipinski definition) is 4. The van der Waals surface area contributed by atoms with E-state index < -0.39 is 6.23 Å². The first-order chi connectivity index (χ1) is 8.76. The summed E-state index contributed by atoms with van der Waals surface area (Å²) in [4.78, 5) is 13.0. The summed E-state index contributed by atoms with van der Waals surface area (Å²) in [5.74, 6) is 0. The molecule has 0 aliphatic carbocycles. The van der Waals surface area contributed by atoms with Crippen molar-refractivity contribution in [1.29, 1.82) is 0 Å². The molecule has 0 bridgehead atoms. The zero-order valence-electron chi connectivity index (χ0n) is 10.2. The van der Waals surface area contributed by atoms with Gasteiger partial charge in [-0.25, -0.2) is 0 Å². The minimum Gasteiger partial charge on any atom is -0.383 e. The van der Waals surface area contributed by atoms with Crippen molar-refractivity contribution in [2.24, 2.45) is 0 Å². The van der Waals surface area contributed by atoms with Crippen LogP contribution in [-0.4, -0.2) is 44.3 Å². The summed E-state index contributed by atoms with van der Waals surface area (Å²) in [7, 11) is 1.64. The standard InChI is InChI=1S/C13H16ClNO3/c1-17-7-6-15-12(9-18-13(15)8-16)10-2-4-11(14)5-3-10/h2-5,8,12-13H,6-7,9H2,1H3/t12-,13?/m0/s1. The van der Waals surface area contributed by atoms with E-state index >= 15 is 0 Å². The summed E-state index contributed by atoms with van der Waals surface area (Å²) >= 11 is 5.87. The van der Waals surface area contributed by atoms with Crippen LogP contribution in [0.4, 0.5) is 0 Å². The lowest BCUT2D eigenvalue weighted by Gasteiger charge is -2.25. The lowest BCUT2D eigenvalue weighted by atomic mass is 10.1. The Balaban J connectivity index is 2.14. The topological polar surface area (TPSA) is 38.8 Å². The third-order valence-electron chi connectivity index (χ3n) is 3.08. The van der Waals surface area contributed by atoms with Gasteiger partial charge in [-0.3, -0.25) is 9.69 Å². The molecule has 0 aromatic heterocycles. The van der Waals surface area contributed by atoms with Crippen LogP contribution in [0, 0.1) is 0 Å². The molecule has 0 N–H and O–H groups in total. The van der Waals surface area contributed by atoms with Crippen LogP contribution < -0.4 is 0 Å². The molecule has 0 spiro atoms. The fourth-order valence-electron chi connectivity index (χ4n) is 2.13. The van der Waals surface area contributed by atoms with Crippen molar-refractivity contribution in [2.75, 3.05) is 26.9 Å². The SMILES string of the molecule is COCCN1C(C=O)OC[C@H]1c1ccc(Cl)cc1. The Labute approximate surface area is 111 Å². The zero-order valence-corrected chi connectivity index (χ0v) is 11.0. The number of halogens is 1. The lowest BCUT2D eigenvalue weighted by molar-refractivity contribution is -0.122. The normalized spacial score (nSPS) is 24.3. The van der Waals surface area contributed by atoms with Crippen LogP contribution >= 0.6 is 11.6 Å². The summed E-state index contributed by atoms with van der Waals surface area (Å²) in [6, 6.07) is 7.69. The van der Waals surface area contributed by atoms with Crippen molar-refractivity contribution in [1.82, 2.24) is 4.90 Å². The highest BCUT2D eigenvalue weighted by molar-refractivity contribution is 6.30. The number of aldehydes is 1. The Hall–Kier alpha value is -0.940. The molecule has 4 nitrogen and oxygen atoms in total. The van der Waals surface area contributed by atoms with Crippen molar-refractivity contribution in [3.8, 4) is 0 Å². The van der Waals surface area contributed by atoms with Gasteiger partial charge < -0.3 is 9.47 Å². The number of carbonyl (C=O) groups is 1. The Bertz CT molecular complexity index is 396. The molecule has 5 heteroatoms. The quantitative estimate of drug-likeness (QED) is 0.765. The van der Waals surface area contributed by atoms with E-state index in [2.05, 4.69) is 0 Å². The molecule has 1 aromatic carbocycles. The number of ether oxygens (including phenoxy) is 2. The second-order valence-electron chi connectivity index (χ2n) is 4.16. The molecule has 0 radical (unpaired) electrons. The van der Waals surface area contributed by atoms with Crippen LogP contribution in [0.25, 0.3) is 0 Å². The highest BCUT2D eigenvalue weighted by Crippen LogP contribution is 2.29. The van der Waals surface area contributed by atoms with Crippen molar-refractivity contribution in [2.45, 2.75) is 12.3 Å². The first-order valence-corrected chi connectivity index (χ1v) is 6.21. The van der Waals surface area contributed by atoms with Gasteiger partial charge in [0.1, 0.15) is 0 Å². The maximum atomic E-state index is 11.0. The van der Waals surface area contributed by atoms with Crippen LogP contribution in [0.3, 0.4) is 0 Å². The monoisotopic (exact) mass is 269 g/mol. The minimum absolute atomic E-state index is 0.0765. The second kappa shape index (κ2) is 6.29. The van der Waals surface area contributed by atoms with E-state index in [4.69, 9.17) is 21.1 Å². The number of carbonyl (C=O) groups excluding carboxylic acids is 1. The number of methoxy groups -OCH3 is 1. The number of benzene rings is 1. The Morgan fingerprint density at radius 1 is 1.50 bits per heavy atom. The van der Waals surface area contributed by atoms with Crippen molar-refractivity contribution in [3.05, 3.63) is 34.9 Å². The number of nitrogens with zero attached hydrogens (tertiary/aromatic N) is 1. The van der Waals surface area contributed by atoms with Crippen molar-refractivity contribution >= 4 is 17.9 Å². The molecule has 18 heavy (non-hydrogen) atoms. The predicted octanol–water partition coefficient (Wildman–Crippen LogP) is 1.88. The van der Waals surface area contributed by atoms with Gasteiger partial charge >= 0.3 is 0 Å². The van der Waals surface area contributed by atoms with E-state index in [0.717, 1.165) is 11.8 Å². The summed E-state index contributed by atoms with van der Waals surface area (Å²) in [5.41, 5.74) is 1.10. The van der Waals surface area contributed by atoms with Gasteiger partial charge in [0.15, 0.2) is 12.5 Å². The first-order valence-electron chi connectivity index (χ1n) is 5.83. The third-order valence-corrected chi connectivity index (χ3v) is 3.33. The van der Waals surface area contributed by atoms with Gasteiger partial charge in [0, 0.05) is 18.7 Å². The molecule has 1 fully saturated rings. The molecular formula is C13H16ClNO3. The van der Waals surface area contributed by atoms with Crippen molar-refractivity contribution in [3.63, 3.8) is 0 Å². The molecular weight excluding hydrogens is 254 g/mol. The summed E-state index contributed by atoms with van der Waals surface area (Å²) < 4.78 is 10.5. The predicted molar refractivity (Wildman–Crippen MR) is 68.6 cm³/mol. The highest BCUT2D eigenvalue weighted by atomic mass is 35.5. The number of rotatable bonds is 5. The molecule has 1 heterocycles. The molecule has 1 aromatic rings. The largest absolute Gasteiger partial charge is 0.383 e. The van der Waals surface area contributed by atoms with E-state index in [1.807, 2.05) is 29.2 Å².